The summed E-state index contributed by atoms with van der Waals surface area (Å²) in [4.78, 5) is 17.5. The van der Waals surface area contributed by atoms with Crippen molar-refractivity contribution in [1.29, 1.82) is 0 Å². The molecule has 1 N–H and O–H groups in total. The van der Waals surface area contributed by atoms with Crippen LogP contribution in [-0.2, 0) is 0 Å². The van der Waals surface area contributed by atoms with Crippen LogP contribution in [0, 0.1) is 20.8 Å². The third-order valence-electron chi connectivity index (χ3n) is 5.03. The van der Waals surface area contributed by atoms with Crippen LogP contribution >= 0.6 is 11.6 Å². The second kappa shape index (κ2) is 8.13. The van der Waals surface area contributed by atoms with Crippen molar-refractivity contribution in [3.63, 3.8) is 0 Å². The van der Waals surface area contributed by atoms with Crippen LogP contribution in [-0.4, -0.2) is 20.7 Å². The standard InChI is InChI=1S/C24H21ClN4O/c1-15-10-12-20(13-17(15)3)29-23(18-7-5-4-6-8-18)27-22(28-29)24(30)26-21-14-19(25)11-9-16(21)2/h4-14H,1-3H3,(H,26,30). The Hall–Kier alpha value is -3.44. The van der Waals surface area contributed by atoms with Crippen molar-refractivity contribution < 1.29 is 4.79 Å². The molecule has 0 aliphatic heterocycles. The fourth-order valence-electron chi connectivity index (χ4n) is 3.13. The number of amides is 1. The highest BCUT2D eigenvalue weighted by atomic mass is 35.5. The zero-order chi connectivity index (χ0) is 21.3. The smallest absolute Gasteiger partial charge is 0.295 e. The van der Waals surface area contributed by atoms with Crippen molar-refractivity contribution in [2.75, 3.05) is 5.32 Å². The number of anilines is 1. The first-order chi connectivity index (χ1) is 14.4. The van der Waals surface area contributed by atoms with Crippen molar-refractivity contribution in [2.45, 2.75) is 20.8 Å². The summed E-state index contributed by atoms with van der Waals surface area (Å²) in [6.07, 6.45) is 0. The van der Waals surface area contributed by atoms with Crippen molar-refractivity contribution in [1.82, 2.24) is 14.8 Å². The molecule has 0 saturated carbocycles. The number of carbonyl (C=O) groups is 1. The average Bonchev–Trinajstić information content (AvgIpc) is 3.19. The molecule has 0 saturated heterocycles. The number of hydrogen-bond acceptors (Lipinski definition) is 3. The molecule has 0 aliphatic carbocycles. The maximum Gasteiger partial charge on any atom is 0.295 e. The van der Waals surface area contributed by atoms with E-state index in [0.717, 1.165) is 22.4 Å². The van der Waals surface area contributed by atoms with Gasteiger partial charge in [-0.1, -0.05) is 54.1 Å². The Morgan fingerprint density at radius 1 is 0.900 bits per heavy atom. The first kappa shape index (κ1) is 19.9. The molecule has 5 nitrogen and oxygen atoms in total. The van der Waals surface area contributed by atoms with E-state index in [1.165, 1.54) is 5.56 Å². The van der Waals surface area contributed by atoms with E-state index in [1.54, 1.807) is 16.8 Å². The van der Waals surface area contributed by atoms with Crippen LogP contribution in [0.15, 0.2) is 66.7 Å². The summed E-state index contributed by atoms with van der Waals surface area (Å²) in [7, 11) is 0. The number of hydrogen-bond donors (Lipinski definition) is 1. The molecular formula is C24H21ClN4O. The molecule has 0 fully saturated rings. The van der Waals surface area contributed by atoms with Crippen LogP contribution < -0.4 is 5.32 Å². The number of aryl methyl sites for hydroxylation is 3. The molecule has 4 aromatic rings. The van der Waals surface area contributed by atoms with Gasteiger partial charge >= 0.3 is 0 Å². The summed E-state index contributed by atoms with van der Waals surface area (Å²) in [5.41, 5.74) is 5.60. The Kier molecular flexibility index (Phi) is 5.38. The predicted octanol–water partition coefficient (Wildman–Crippen LogP) is 5.77. The van der Waals surface area contributed by atoms with Crippen LogP contribution in [0.25, 0.3) is 17.1 Å². The SMILES string of the molecule is Cc1ccc(-n2nc(C(=O)Nc3cc(Cl)ccc3C)nc2-c2ccccc2)cc1C. The molecule has 4 rings (SSSR count). The van der Waals surface area contributed by atoms with E-state index in [9.17, 15) is 4.79 Å². The third kappa shape index (κ3) is 3.98. The minimum atomic E-state index is -0.389. The largest absolute Gasteiger partial charge is 0.319 e. The van der Waals surface area contributed by atoms with E-state index in [-0.39, 0.29) is 11.7 Å². The van der Waals surface area contributed by atoms with Gasteiger partial charge < -0.3 is 5.32 Å². The van der Waals surface area contributed by atoms with E-state index >= 15 is 0 Å². The number of carbonyl (C=O) groups excluding carboxylic acids is 1. The van der Waals surface area contributed by atoms with E-state index in [0.29, 0.717) is 16.5 Å². The Morgan fingerprint density at radius 3 is 2.37 bits per heavy atom. The van der Waals surface area contributed by atoms with Gasteiger partial charge in [-0.3, -0.25) is 4.79 Å². The number of halogens is 1. The quantitative estimate of drug-likeness (QED) is 0.459. The summed E-state index contributed by atoms with van der Waals surface area (Å²) in [5.74, 6) is 0.304. The first-order valence-electron chi connectivity index (χ1n) is 9.60. The minimum absolute atomic E-state index is 0.0893. The van der Waals surface area contributed by atoms with Crippen molar-refractivity contribution >= 4 is 23.2 Å². The molecule has 3 aromatic carbocycles. The summed E-state index contributed by atoms with van der Waals surface area (Å²) < 4.78 is 1.71. The number of nitrogens with one attached hydrogen (secondary N) is 1. The van der Waals surface area contributed by atoms with Crippen LogP contribution in [0.3, 0.4) is 0 Å². The molecule has 1 amide bonds. The van der Waals surface area contributed by atoms with Gasteiger partial charge in [-0.2, -0.15) is 0 Å². The number of nitrogens with zero attached hydrogens (tertiary/aromatic N) is 3. The maximum atomic E-state index is 12.9. The van der Waals surface area contributed by atoms with Crippen LogP contribution in [0.5, 0.6) is 0 Å². The fraction of sp³-hybridized carbons (Fsp3) is 0.125. The second-order valence-electron chi connectivity index (χ2n) is 7.22. The van der Waals surface area contributed by atoms with Gasteiger partial charge in [-0.15, -0.1) is 5.10 Å². The fourth-order valence-corrected chi connectivity index (χ4v) is 3.30. The van der Waals surface area contributed by atoms with Crippen molar-refractivity contribution in [2.24, 2.45) is 0 Å². The monoisotopic (exact) mass is 416 g/mol. The molecular weight excluding hydrogens is 396 g/mol. The lowest BCUT2D eigenvalue weighted by atomic mass is 10.1. The van der Waals surface area contributed by atoms with Crippen molar-refractivity contribution in [3.05, 3.63) is 94.3 Å². The first-order valence-corrected chi connectivity index (χ1v) is 9.98. The lowest BCUT2D eigenvalue weighted by molar-refractivity contribution is 0.101. The van der Waals surface area contributed by atoms with Gasteiger partial charge in [-0.05, 0) is 61.7 Å². The van der Waals surface area contributed by atoms with Crippen LogP contribution in [0.4, 0.5) is 5.69 Å². The summed E-state index contributed by atoms with van der Waals surface area (Å²) in [5, 5.41) is 7.96. The Bertz CT molecular complexity index is 1230. The lowest BCUT2D eigenvalue weighted by Gasteiger charge is -2.08. The highest BCUT2D eigenvalue weighted by Gasteiger charge is 2.19. The van der Waals surface area contributed by atoms with Gasteiger partial charge in [0.2, 0.25) is 5.82 Å². The molecule has 30 heavy (non-hydrogen) atoms. The summed E-state index contributed by atoms with van der Waals surface area (Å²) >= 11 is 6.08. The van der Waals surface area contributed by atoms with E-state index < -0.39 is 0 Å². The Balaban J connectivity index is 1.78. The second-order valence-corrected chi connectivity index (χ2v) is 7.66. The normalized spacial score (nSPS) is 10.8. The molecule has 150 valence electrons. The molecule has 1 aromatic heterocycles. The molecule has 0 bridgehead atoms. The minimum Gasteiger partial charge on any atom is -0.319 e. The highest BCUT2D eigenvalue weighted by Crippen LogP contribution is 2.24. The zero-order valence-corrected chi connectivity index (χ0v) is 17.7. The average molecular weight is 417 g/mol. The zero-order valence-electron chi connectivity index (χ0n) is 17.0. The molecule has 1 heterocycles. The van der Waals surface area contributed by atoms with Gasteiger partial charge in [0.05, 0.1) is 5.69 Å². The highest BCUT2D eigenvalue weighted by molar-refractivity contribution is 6.31. The summed E-state index contributed by atoms with van der Waals surface area (Å²) in [6.45, 7) is 6.01. The number of benzene rings is 3. The van der Waals surface area contributed by atoms with E-state index in [1.807, 2.05) is 68.4 Å². The van der Waals surface area contributed by atoms with E-state index in [4.69, 9.17) is 11.6 Å². The van der Waals surface area contributed by atoms with Gasteiger partial charge in [0.25, 0.3) is 5.91 Å². The molecule has 0 atom stereocenters. The van der Waals surface area contributed by atoms with Gasteiger partial charge in [0, 0.05) is 16.3 Å². The molecule has 6 heteroatoms. The van der Waals surface area contributed by atoms with Crippen LogP contribution in [0.1, 0.15) is 27.3 Å². The molecule has 0 spiro atoms. The van der Waals surface area contributed by atoms with Gasteiger partial charge in [0.1, 0.15) is 0 Å². The Labute approximate surface area is 180 Å². The molecule has 0 unspecified atom stereocenters. The number of aromatic nitrogens is 3. The van der Waals surface area contributed by atoms with E-state index in [2.05, 4.69) is 22.3 Å². The lowest BCUT2D eigenvalue weighted by Crippen LogP contribution is -2.15. The predicted molar refractivity (Wildman–Crippen MR) is 120 cm³/mol. The molecule has 0 radical (unpaired) electrons. The number of rotatable bonds is 4. The summed E-state index contributed by atoms with van der Waals surface area (Å²) in [6, 6.07) is 21.1. The maximum absolute atomic E-state index is 12.9. The van der Waals surface area contributed by atoms with Crippen LogP contribution in [0.2, 0.25) is 5.02 Å². The van der Waals surface area contributed by atoms with Gasteiger partial charge in [0.15, 0.2) is 5.82 Å². The van der Waals surface area contributed by atoms with Crippen molar-refractivity contribution in [3.8, 4) is 17.1 Å². The topological polar surface area (TPSA) is 59.8 Å². The Morgan fingerprint density at radius 2 is 1.63 bits per heavy atom. The third-order valence-corrected chi connectivity index (χ3v) is 5.26. The molecule has 0 aliphatic rings. The van der Waals surface area contributed by atoms with Gasteiger partial charge in [-0.25, -0.2) is 9.67 Å².